The van der Waals surface area contributed by atoms with E-state index in [1.165, 1.54) is 65.5 Å². The van der Waals surface area contributed by atoms with Crippen molar-refractivity contribution < 1.29 is 4.79 Å². The smallest absolute Gasteiger partial charge is 0.269 e. The summed E-state index contributed by atoms with van der Waals surface area (Å²) in [6, 6.07) is 57.1. The van der Waals surface area contributed by atoms with Crippen molar-refractivity contribution >= 4 is 98.6 Å². The number of hydrogen-bond donors (Lipinski definition) is 5. The van der Waals surface area contributed by atoms with Crippen LogP contribution >= 0.6 is 0 Å². The van der Waals surface area contributed by atoms with Crippen LogP contribution in [-0.4, -0.2) is 51.2 Å². The monoisotopic (exact) mass is 1240 g/mol. The van der Waals surface area contributed by atoms with Crippen molar-refractivity contribution in [2.24, 2.45) is 5.73 Å². The number of nitrogens with two attached hydrogens (primary N) is 2. The van der Waals surface area contributed by atoms with Crippen LogP contribution in [-0.2, 0) is 32.5 Å². The van der Waals surface area contributed by atoms with Crippen molar-refractivity contribution in [2.45, 2.75) is 157 Å². The lowest BCUT2D eigenvalue weighted by Crippen LogP contribution is -2.12. The highest BCUT2D eigenvalue weighted by atomic mass is 16.1. The quantitative estimate of drug-likeness (QED) is 0.107. The molecule has 0 atom stereocenters. The molecule has 0 saturated carbocycles. The molecule has 93 heavy (non-hydrogen) atoms. The van der Waals surface area contributed by atoms with Crippen LogP contribution in [0.1, 0.15) is 169 Å². The number of carbonyl (C=O) groups excluding carboxylic acids is 1. The van der Waals surface area contributed by atoms with Gasteiger partial charge in [-0.1, -0.05) is 216 Å². The molecule has 14 rings (SSSR count). The Balaban J connectivity index is 0.000000133. The highest BCUT2D eigenvalue weighted by molar-refractivity contribution is 6.08. The van der Waals surface area contributed by atoms with Gasteiger partial charge in [-0.15, -0.1) is 0 Å². The summed E-state index contributed by atoms with van der Waals surface area (Å²) >= 11 is 0. The number of nitrogens with one attached hydrogen (secondary N) is 3. The predicted molar refractivity (Wildman–Crippen MR) is 394 cm³/mol. The average Bonchev–Trinajstić information content (AvgIpc) is 1.84. The van der Waals surface area contributed by atoms with E-state index in [4.69, 9.17) is 11.5 Å². The number of H-pyrrole nitrogens is 3. The fraction of sp³-hybridized carbons (Fsp3) is 0.296. The van der Waals surface area contributed by atoms with Gasteiger partial charge >= 0.3 is 0 Å². The molecule has 0 bridgehead atoms. The molecule has 12 nitrogen and oxygen atoms in total. The first-order chi connectivity index (χ1) is 43.6. The molecular formula is C81H93N11O. The topological polar surface area (TPSA) is 194 Å². The van der Waals surface area contributed by atoms with Gasteiger partial charge in [0.15, 0.2) is 11.5 Å². The van der Waals surface area contributed by atoms with Gasteiger partial charge in [0.05, 0.1) is 27.6 Å². The number of benzene rings is 8. The van der Waals surface area contributed by atoms with Gasteiger partial charge in [0.25, 0.3) is 5.91 Å². The largest absolute Gasteiger partial charge is 0.382 e. The second-order valence-electron chi connectivity index (χ2n) is 30.4. The zero-order valence-electron chi connectivity index (χ0n) is 57.7. The van der Waals surface area contributed by atoms with Crippen LogP contribution in [0.3, 0.4) is 0 Å². The number of carbonyl (C=O) groups is 1. The molecule has 0 aliphatic heterocycles. The van der Waals surface area contributed by atoms with Gasteiger partial charge in [-0.25, -0.2) is 4.98 Å². The summed E-state index contributed by atoms with van der Waals surface area (Å²) in [5.41, 5.74) is 24.2. The molecule has 8 aromatic carbocycles. The molecule has 478 valence electrons. The molecule has 1 amide bonds. The van der Waals surface area contributed by atoms with Crippen LogP contribution in [0.4, 0.5) is 5.82 Å². The van der Waals surface area contributed by atoms with E-state index in [2.05, 4.69) is 291 Å². The molecule has 14 aromatic rings. The van der Waals surface area contributed by atoms with Gasteiger partial charge in [0.2, 0.25) is 0 Å². The number of imidazole rings is 1. The van der Waals surface area contributed by atoms with E-state index in [9.17, 15) is 4.79 Å². The number of aromatic nitrogens is 9. The minimum absolute atomic E-state index is 0.0962. The van der Waals surface area contributed by atoms with Crippen LogP contribution in [0.5, 0.6) is 0 Å². The maximum Gasteiger partial charge on any atom is 0.269 e. The van der Waals surface area contributed by atoms with Gasteiger partial charge in [0, 0.05) is 63.3 Å². The van der Waals surface area contributed by atoms with Crippen LogP contribution in [0.2, 0.25) is 0 Å². The number of primary amides is 1. The van der Waals surface area contributed by atoms with Crippen molar-refractivity contribution in [2.75, 3.05) is 5.73 Å². The van der Waals surface area contributed by atoms with E-state index >= 15 is 0 Å². The van der Waals surface area contributed by atoms with Gasteiger partial charge < -0.3 is 16.5 Å². The number of hydrogen-bond acceptors (Lipinski definition) is 8. The number of rotatable bonds is 1. The Morgan fingerprint density at radius 2 is 0.806 bits per heavy atom. The second-order valence-corrected chi connectivity index (χ2v) is 30.4. The van der Waals surface area contributed by atoms with Gasteiger partial charge in [0.1, 0.15) is 5.82 Å². The highest BCUT2D eigenvalue weighted by Gasteiger charge is 2.20. The third-order valence-electron chi connectivity index (χ3n) is 16.6. The van der Waals surface area contributed by atoms with E-state index in [0.29, 0.717) is 11.5 Å². The minimum Gasteiger partial charge on any atom is -0.382 e. The molecule has 6 heterocycles. The number of para-hydroxylation sites is 2. The fourth-order valence-electron chi connectivity index (χ4n) is 10.6. The van der Waals surface area contributed by atoms with E-state index in [1.807, 2.05) is 73.4 Å². The number of nitrogen functional groups attached to an aromatic ring is 1. The number of fused-ring (bicyclic) bond motifs is 8. The predicted octanol–water partition coefficient (Wildman–Crippen LogP) is 20.2. The molecular weight excluding hydrogens is 1140 g/mol. The first-order valence-corrected chi connectivity index (χ1v) is 32.0. The van der Waals surface area contributed by atoms with Crippen molar-refractivity contribution in [3.8, 4) is 0 Å². The minimum atomic E-state index is -0.512. The SMILES string of the molecule is CC(C)(C)c1ccc2cc3c(C(N)=O)n[nH]c3cc2c1.CC(C)(C)c1ccc2cc3c(N)n[nH]c3cc2c1.CC(C)(C)c1ccc2ccncc2c1.CC(C)(C)c1ccc2cnccc2c1.CC(C)(C)c1ccc2ncccc2c1.CC(C)(C)c1nc2ccccc2[nH]1. The van der Waals surface area contributed by atoms with Crippen LogP contribution in [0, 0.1) is 0 Å². The van der Waals surface area contributed by atoms with Crippen LogP contribution in [0.25, 0.3) is 86.8 Å². The number of aromatic amines is 3. The summed E-state index contributed by atoms with van der Waals surface area (Å²) in [6.45, 7) is 39.8. The van der Waals surface area contributed by atoms with Gasteiger partial charge in [-0.2, -0.15) is 10.2 Å². The molecule has 0 saturated heterocycles. The Hall–Kier alpha value is -9.81. The van der Waals surface area contributed by atoms with Crippen molar-refractivity contribution in [3.63, 3.8) is 0 Å². The fourth-order valence-corrected chi connectivity index (χ4v) is 10.6. The van der Waals surface area contributed by atoms with Gasteiger partial charge in [-0.05, 0) is 160 Å². The summed E-state index contributed by atoms with van der Waals surface area (Å²) in [7, 11) is 0. The average molecular weight is 1240 g/mol. The van der Waals surface area contributed by atoms with Crippen molar-refractivity contribution in [1.29, 1.82) is 0 Å². The molecule has 0 fully saturated rings. The van der Waals surface area contributed by atoms with Crippen LogP contribution in [0.15, 0.2) is 195 Å². The lowest BCUT2D eigenvalue weighted by Gasteiger charge is -2.19. The lowest BCUT2D eigenvalue weighted by atomic mass is 9.86. The standard InChI is InChI=1S/C16H17N3O.C15H17N3.3C13H15N.C11H14N2/c1-16(2,3)11-5-4-9-7-12-13(8-10(9)6-11)18-19-14(12)15(17)20;1-15(2,3)11-5-4-9-7-12-13(8-10(9)6-11)17-18-14(12)16;1-13(2,3)12-5-4-11-9-14-7-6-10(11)8-12;1-13(2,3)12-5-4-10-6-7-14-9-11(10)8-12;1-13(2,3)11-6-7-12-10(9-11)5-4-8-14-12;1-11(2,3)10-12-8-6-4-5-7-9(8)13-10/h4-8H,1-3H3,(H2,17,20)(H,18,19);4-8H,1-3H3,(H3,16,17,18);3*4-9H,1-3H3;4-7H,1-3H3,(H,12,13). The Morgan fingerprint density at radius 3 is 1.34 bits per heavy atom. The Kier molecular flexibility index (Phi) is 19.5. The highest BCUT2D eigenvalue weighted by Crippen LogP contribution is 2.33. The Labute approximate surface area is 548 Å². The molecule has 6 aromatic heterocycles. The molecule has 0 aliphatic rings. The third-order valence-corrected chi connectivity index (χ3v) is 16.6. The second kappa shape index (κ2) is 26.8. The van der Waals surface area contributed by atoms with E-state index < -0.39 is 5.91 Å². The maximum atomic E-state index is 11.3. The summed E-state index contributed by atoms with van der Waals surface area (Å²) in [5, 5.41) is 26.4. The first kappa shape index (κ1) is 67.6. The lowest BCUT2D eigenvalue weighted by molar-refractivity contribution is 0.0997. The zero-order valence-corrected chi connectivity index (χ0v) is 57.7. The summed E-state index contributed by atoms with van der Waals surface area (Å²) in [6.07, 6.45) is 9.33. The molecule has 12 heteroatoms. The van der Waals surface area contributed by atoms with Crippen molar-refractivity contribution in [1.82, 2.24) is 45.3 Å². The molecule has 0 aliphatic carbocycles. The summed E-state index contributed by atoms with van der Waals surface area (Å²) < 4.78 is 0. The third kappa shape index (κ3) is 16.8. The Morgan fingerprint density at radius 1 is 0.366 bits per heavy atom. The summed E-state index contributed by atoms with van der Waals surface area (Å²) in [4.78, 5) is 31.7. The van der Waals surface area contributed by atoms with E-state index in [1.54, 1.807) is 0 Å². The molecule has 0 radical (unpaired) electrons. The number of pyridine rings is 3. The summed E-state index contributed by atoms with van der Waals surface area (Å²) in [5.74, 6) is 1.10. The normalized spacial score (nSPS) is 12.1. The molecule has 0 unspecified atom stereocenters. The maximum absolute atomic E-state index is 11.3. The van der Waals surface area contributed by atoms with E-state index in [-0.39, 0.29) is 32.5 Å². The molecule has 0 spiro atoms. The van der Waals surface area contributed by atoms with Gasteiger partial charge in [-0.3, -0.25) is 29.9 Å². The van der Waals surface area contributed by atoms with E-state index in [0.717, 1.165) is 55.0 Å². The zero-order chi connectivity index (χ0) is 67.4. The van der Waals surface area contributed by atoms with Crippen LogP contribution < -0.4 is 11.5 Å². The number of nitrogens with zero attached hydrogens (tertiary/aromatic N) is 6. The number of amides is 1. The first-order valence-electron chi connectivity index (χ1n) is 32.0. The number of anilines is 1. The molecule has 7 N–H and O–H groups in total. The van der Waals surface area contributed by atoms with Crippen molar-refractivity contribution in [3.05, 3.63) is 234 Å². The Bertz CT molecular complexity index is 4680.